The van der Waals surface area contributed by atoms with E-state index in [9.17, 15) is 4.79 Å². The van der Waals surface area contributed by atoms with Crippen LogP contribution in [0.15, 0.2) is 0 Å². The summed E-state index contributed by atoms with van der Waals surface area (Å²) in [5, 5.41) is 0. The number of hydrogen-bond donors (Lipinski definition) is 1. The van der Waals surface area contributed by atoms with Crippen LogP contribution in [0.25, 0.3) is 0 Å². The molecule has 1 aliphatic carbocycles. The predicted octanol–water partition coefficient (Wildman–Crippen LogP) is 2.72. The first-order valence-corrected chi connectivity index (χ1v) is 7.30. The summed E-state index contributed by atoms with van der Waals surface area (Å²) in [6.07, 6.45) is 9.84. The second-order valence-electron chi connectivity index (χ2n) is 5.65. The topological polar surface area (TPSA) is 46.3 Å². The third-order valence-corrected chi connectivity index (χ3v) is 4.53. The van der Waals surface area contributed by atoms with Gasteiger partial charge in [0.2, 0.25) is 5.91 Å². The number of amides is 1. The van der Waals surface area contributed by atoms with Crippen LogP contribution in [0.1, 0.15) is 58.3 Å². The van der Waals surface area contributed by atoms with Crippen molar-refractivity contribution in [2.75, 3.05) is 6.54 Å². The van der Waals surface area contributed by atoms with Crippen LogP contribution in [0.2, 0.25) is 0 Å². The molecule has 2 atom stereocenters. The molecule has 0 spiro atoms. The molecule has 1 saturated heterocycles. The van der Waals surface area contributed by atoms with E-state index in [0.29, 0.717) is 6.04 Å². The molecule has 4 heteroatoms. The van der Waals surface area contributed by atoms with Crippen LogP contribution in [0.4, 0.5) is 0 Å². The third kappa shape index (κ3) is 3.39. The average Bonchev–Trinajstić information content (AvgIpc) is 2.87. The molecule has 1 amide bonds. The molecule has 2 N–H and O–H groups in total. The number of carbonyl (C=O) groups excluding carboxylic acids is 1. The van der Waals surface area contributed by atoms with E-state index in [1.54, 1.807) is 0 Å². The minimum atomic E-state index is -0.279. The Morgan fingerprint density at radius 2 is 1.89 bits per heavy atom. The molecule has 1 unspecified atom stereocenters. The van der Waals surface area contributed by atoms with E-state index in [1.807, 2.05) is 6.92 Å². The van der Waals surface area contributed by atoms with Crippen molar-refractivity contribution in [2.24, 2.45) is 11.7 Å². The second kappa shape index (κ2) is 7.34. The van der Waals surface area contributed by atoms with Crippen LogP contribution >= 0.6 is 12.4 Å². The zero-order chi connectivity index (χ0) is 12.3. The maximum atomic E-state index is 12.2. The minimum absolute atomic E-state index is 0. The number of nitrogens with zero attached hydrogens (tertiary/aromatic N) is 1. The molecule has 0 bridgehead atoms. The van der Waals surface area contributed by atoms with Crippen molar-refractivity contribution in [3.8, 4) is 0 Å². The Hall–Kier alpha value is -0.280. The Balaban J connectivity index is 0.00000162. The van der Waals surface area contributed by atoms with Crippen LogP contribution in [0.3, 0.4) is 0 Å². The molecule has 2 rings (SSSR count). The van der Waals surface area contributed by atoms with Gasteiger partial charge in [0.1, 0.15) is 0 Å². The van der Waals surface area contributed by atoms with Gasteiger partial charge in [-0.2, -0.15) is 0 Å². The summed E-state index contributed by atoms with van der Waals surface area (Å²) in [5.41, 5.74) is 5.90. The van der Waals surface area contributed by atoms with Crippen molar-refractivity contribution in [3.05, 3.63) is 0 Å². The van der Waals surface area contributed by atoms with Crippen LogP contribution in [-0.2, 0) is 4.79 Å². The van der Waals surface area contributed by atoms with Gasteiger partial charge in [-0.05, 0) is 38.0 Å². The first kappa shape index (κ1) is 15.8. The van der Waals surface area contributed by atoms with Gasteiger partial charge in [-0.1, -0.05) is 26.2 Å². The fraction of sp³-hybridized carbons (Fsp3) is 0.929. The second-order valence-corrected chi connectivity index (χ2v) is 5.65. The highest BCUT2D eigenvalue weighted by Gasteiger charge is 2.36. The molecule has 18 heavy (non-hydrogen) atoms. The lowest BCUT2D eigenvalue weighted by Crippen LogP contribution is -2.48. The van der Waals surface area contributed by atoms with E-state index < -0.39 is 0 Å². The zero-order valence-electron chi connectivity index (χ0n) is 11.4. The van der Waals surface area contributed by atoms with Gasteiger partial charge < -0.3 is 10.6 Å². The largest absolute Gasteiger partial charge is 0.338 e. The van der Waals surface area contributed by atoms with Crippen molar-refractivity contribution in [2.45, 2.75) is 70.4 Å². The summed E-state index contributed by atoms with van der Waals surface area (Å²) in [6.45, 7) is 2.93. The molecule has 0 aromatic heterocycles. The van der Waals surface area contributed by atoms with Crippen molar-refractivity contribution in [1.29, 1.82) is 0 Å². The summed E-state index contributed by atoms with van der Waals surface area (Å²) in [4.78, 5) is 14.3. The lowest BCUT2D eigenvalue weighted by molar-refractivity contribution is -0.134. The van der Waals surface area contributed by atoms with Crippen LogP contribution < -0.4 is 5.73 Å². The van der Waals surface area contributed by atoms with E-state index in [4.69, 9.17) is 5.73 Å². The molecular formula is C14H27ClN2O. The number of halogens is 1. The molecule has 1 saturated carbocycles. The van der Waals surface area contributed by atoms with Gasteiger partial charge in [0, 0.05) is 12.6 Å². The molecule has 1 aliphatic heterocycles. The molecule has 0 radical (unpaired) electrons. The van der Waals surface area contributed by atoms with Gasteiger partial charge in [0.25, 0.3) is 0 Å². The van der Waals surface area contributed by atoms with Crippen LogP contribution in [0.5, 0.6) is 0 Å². The van der Waals surface area contributed by atoms with Crippen molar-refractivity contribution >= 4 is 18.3 Å². The Bertz CT molecular complexity index is 267. The van der Waals surface area contributed by atoms with Crippen molar-refractivity contribution in [1.82, 2.24) is 4.90 Å². The SMILES string of the molecule is CC[C@H](N)C(=O)N1CCCC1C1CCCCC1.Cl. The zero-order valence-corrected chi connectivity index (χ0v) is 12.3. The summed E-state index contributed by atoms with van der Waals surface area (Å²) >= 11 is 0. The normalized spacial score (nSPS) is 26.8. The lowest BCUT2D eigenvalue weighted by Gasteiger charge is -2.35. The highest BCUT2D eigenvalue weighted by molar-refractivity contribution is 5.85. The van der Waals surface area contributed by atoms with Crippen LogP contribution in [-0.4, -0.2) is 29.4 Å². The van der Waals surface area contributed by atoms with Crippen molar-refractivity contribution < 1.29 is 4.79 Å². The van der Waals surface area contributed by atoms with E-state index in [-0.39, 0.29) is 24.4 Å². The molecular weight excluding hydrogens is 248 g/mol. The maximum absolute atomic E-state index is 12.2. The van der Waals surface area contributed by atoms with Gasteiger partial charge in [0.05, 0.1) is 6.04 Å². The number of carbonyl (C=O) groups is 1. The number of rotatable bonds is 3. The van der Waals surface area contributed by atoms with E-state index in [1.165, 1.54) is 44.9 Å². The number of likely N-dealkylation sites (tertiary alicyclic amines) is 1. The molecule has 2 aliphatic rings. The summed E-state index contributed by atoms with van der Waals surface area (Å²) in [6, 6.07) is 0.222. The van der Waals surface area contributed by atoms with Gasteiger partial charge >= 0.3 is 0 Å². The maximum Gasteiger partial charge on any atom is 0.239 e. The number of nitrogens with two attached hydrogens (primary N) is 1. The lowest BCUT2D eigenvalue weighted by atomic mass is 9.83. The van der Waals surface area contributed by atoms with E-state index in [2.05, 4.69) is 4.90 Å². The van der Waals surface area contributed by atoms with Gasteiger partial charge in [-0.25, -0.2) is 0 Å². The molecule has 0 aromatic carbocycles. The number of hydrogen-bond acceptors (Lipinski definition) is 2. The Morgan fingerprint density at radius 3 is 2.50 bits per heavy atom. The molecule has 106 valence electrons. The summed E-state index contributed by atoms with van der Waals surface area (Å²) in [5.74, 6) is 0.944. The van der Waals surface area contributed by atoms with Gasteiger partial charge in [-0.15, -0.1) is 12.4 Å². The van der Waals surface area contributed by atoms with E-state index >= 15 is 0 Å². The van der Waals surface area contributed by atoms with Gasteiger partial charge in [-0.3, -0.25) is 4.79 Å². The predicted molar refractivity (Wildman–Crippen MR) is 76.8 cm³/mol. The molecule has 2 fully saturated rings. The standard InChI is InChI=1S/C14H26N2O.ClH/c1-2-12(15)14(17)16-10-6-9-13(16)11-7-4-3-5-8-11;/h11-13H,2-10,15H2,1H3;1H/t12-,13?;/m0./s1. The quantitative estimate of drug-likeness (QED) is 0.860. The van der Waals surface area contributed by atoms with E-state index in [0.717, 1.165) is 18.9 Å². The monoisotopic (exact) mass is 274 g/mol. The average molecular weight is 275 g/mol. The summed E-state index contributed by atoms with van der Waals surface area (Å²) < 4.78 is 0. The molecule has 0 aromatic rings. The minimum Gasteiger partial charge on any atom is -0.338 e. The van der Waals surface area contributed by atoms with Gasteiger partial charge in [0.15, 0.2) is 0 Å². The highest BCUT2D eigenvalue weighted by Crippen LogP contribution is 2.34. The fourth-order valence-electron chi connectivity index (χ4n) is 3.46. The smallest absolute Gasteiger partial charge is 0.239 e. The fourth-order valence-corrected chi connectivity index (χ4v) is 3.46. The Kier molecular flexibility index (Phi) is 6.44. The third-order valence-electron chi connectivity index (χ3n) is 4.53. The summed E-state index contributed by atoms with van der Waals surface area (Å²) in [7, 11) is 0. The van der Waals surface area contributed by atoms with Crippen molar-refractivity contribution in [3.63, 3.8) is 0 Å². The molecule has 3 nitrogen and oxygen atoms in total. The van der Waals surface area contributed by atoms with Crippen LogP contribution in [0, 0.1) is 5.92 Å². The first-order chi connectivity index (χ1) is 8.24. The highest BCUT2D eigenvalue weighted by atomic mass is 35.5. The molecule has 1 heterocycles. The Morgan fingerprint density at radius 1 is 1.22 bits per heavy atom. The Labute approximate surface area is 117 Å². The first-order valence-electron chi connectivity index (χ1n) is 7.30.